The number of amides is 3. The number of imide groups is 1. The van der Waals surface area contributed by atoms with Gasteiger partial charge in [0.15, 0.2) is 6.23 Å². The lowest BCUT2D eigenvalue weighted by Crippen LogP contribution is -2.73. The van der Waals surface area contributed by atoms with Gasteiger partial charge in [-0.15, -0.1) is 13.2 Å². The van der Waals surface area contributed by atoms with Gasteiger partial charge in [0, 0.05) is 6.54 Å². The highest BCUT2D eigenvalue weighted by molar-refractivity contribution is 6.03. The van der Waals surface area contributed by atoms with E-state index in [1.165, 1.54) is 36.4 Å². The molecule has 37 heavy (non-hydrogen) atoms. The van der Waals surface area contributed by atoms with Crippen LogP contribution in [-0.4, -0.2) is 47.0 Å². The minimum absolute atomic E-state index is 0.0921. The summed E-state index contributed by atoms with van der Waals surface area (Å²) < 4.78 is 46.6. The van der Waals surface area contributed by atoms with Crippen molar-refractivity contribution in [3.05, 3.63) is 59.7 Å². The van der Waals surface area contributed by atoms with Crippen LogP contribution in [0.1, 0.15) is 55.5 Å². The van der Waals surface area contributed by atoms with Gasteiger partial charge in [0.1, 0.15) is 16.9 Å². The van der Waals surface area contributed by atoms with E-state index in [2.05, 4.69) is 10.1 Å². The van der Waals surface area contributed by atoms with Crippen LogP contribution in [0, 0.1) is 5.41 Å². The Morgan fingerprint density at radius 2 is 1.59 bits per heavy atom. The number of carbonyl (C=O) groups is 3. The van der Waals surface area contributed by atoms with Crippen LogP contribution in [0.25, 0.3) is 0 Å². The normalized spacial score (nSPS) is 16.6. The summed E-state index contributed by atoms with van der Waals surface area (Å²) in [5, 5.41) is 11.8. The molecule has 2 N–H and O–H groups in total. The zero-order valence-electron chi connectivity index (χ0n) is 20.5. The molecule has 0 bridgehead atoms. The number of nitrogens with one attached hydrogen (secondary N) is 1. The molecule has 0 aromatic heterocycles. The van der Waals surface area contributed by atoms with Crippen molar-refractivity contribution in [2.75, 3.05) is 6.54 Å². The minimum Gasteiger partial charge on any atom is -0.478 e. The lowest BCUT2D eigenvalue weighted by molar-refractivity contribution is -0.274. The molecule has 2 aromatic rings. The molecule has 0 saturated carbocycles. The van der Waals surface area contributed by atoms with E-state index in [1.807, 2.05) is 13.8 Å². The van der Waals surface area contributed by atoms with Crippen LogP contribution in [0.2, 0.25) is 0 Å². The number of rotatable bonds is 11. The van der Waals surface area contributed by atoms with Gasteiger partial charge in [-0.2, -0.15) is 0 Å². The Bertz CT molecular complexity index is 1100. The van der Waals surface area contributed by atoms with Crippen molar-refractivity contribution in [3.63, 3.8) is 0 Å². The predicted molar refractivity (Wildman–Crippen MR) is 127 cm³/mol. The molecule has 1 heterocycles. The lowest BCUT2D eigenvalue weighted by Gasteiger charge is -2.53. The summed E-state index contributed by atoms with van der Waals surface area (Å²) >= 11 is 0. The average Bonchev–Trinajstić information content (AvgIpc) is 2.85. The van der Waals surface area contributed by atoms with Crippen LogP contribution in [0.5, 0.6) is 11.5 Å². The van der Waals surface area contributed by atoms with E-state index >= 15 is 0 Å². The number of urea groups is 1. The van der Waals surface area contributed by atoms with Crippen molar-refractivity contribution in [2.24, 2.45) is 5.41 Å². The first-order chi connectivity index (χ1) is 17.5. The van der Waals surface area contributed by atoms with Gasteiger partial charge < -0.3 is 19.9 Å². The van der Waals surface area contributed by atoms with Gasteiger partial charge in [-0.1, -0.05) is 26.0 Å². The molecule has 1 fully saturated rings. The number of carboxylic acid groups (broad SMARTS) is 1. The standard InChI is InChI=1S/C26H29F3N2O6/c1-3-25(4-2)22(34)31(23(25)36-19-14-10-18(11-15-19)21(32)33)24(35)30-16-6-5-7-17-8-12-20(13-9-17)37-26(27,28)29/h8-15,23H,3-7,16H2,1-2H3,(H,30,35)(H,32,33). The van der Waals surface area contributed by atoms with Crippen molar-refractivity contribution >= 4 is 17.9 Å². The largest absolute Gasteiger partial charge is 0.573 e. The minimum atomic E-state index is -4.74. The third kappa shape index (κ3) is 6.52. The summed E-state index contributed by atoms with van der Waals surface area (Å²) in [6.45, 7) is 3.99. The van der Waals surface area contributed by atoms with Crippen LogP contribution in [-0.2, 0) is 11.2 Å². The summed E-state index contributed by atoms with van der Waals surface area (Å²) in [7, 11) is 0. The molecule has 0 spiro atoms. The number of halogens is 3. The molecule has 2 aromatic carbocycles. The van der Waals surface area contributed by atoms with Gasteiger partial charge >= 0.3 is 18.4 Å². The highest BCUT2D eigenvalue weighted by Gasteiger charge is 2.62. The molecule has 0 radical (unpaired) electrons. The first-order valence-electron chi connectivity index (χ1n) is 12.0. The molecule has 200 valence electrons. The number of likely N-dealkylation sites (tertiary alicyclic amines) is 1. The van der Waals surface area contributed by atoms with Crippen LogP contribution in [0.3, 0.4) is 0 Å². The van der Waals surface area contributed by atoms with E-state index in [-0.39, 0.29) is 17.2 Å². The fraction of sp³-hybridized carbons (Fsp3) is 0.423. The van der Waals surface area contributed by atoms with Gasteiger partial charge in [0.2, 0.25) is 5.91 Å². The van der Waals surface area contributed by atoms with Gasteiger partial charge in [0.25, 0.3) is 0 Å². The maximum absolute atomic E-state index is 12.9. The Kier molecular flexibility index (Phi) is 8.67. The second-order valence-electron chi connectivity index (χ2n) is 8.72. The smallest absolute Gasteiger partial charge is 0.478 e. The number of nitrogens with zero attached hydrogens (tertiary/aromatic N) is 1. The summed E-state index contributed by atoms with van der Waals surface area (Å²) in [5.41, 5.74) is 0.0661. The van der Waals surface area contributed by atoms with Crippen molar-refractivity contribution < 1.29 is 42.1 Å². The molecule has 3 rings (SSSR count). The SMILES string of the molecule is CCC1(CC)C(=O)N(C(=O)NCCCCc2ccc(OC(F)(F)F)cc2)C1Oc1ccc(C(=O)O)cc1. The maximum Gasteiger partial charge on any atom is 0.573 e. The third-order valence-electron chi connectivity index (χ3n) is 6.51. The molecule has 1 aliphatic rings. The Balaban J connectivity index is 1.52. The summed E-state index contributed by atoms with van der Waals surface area (Å²) in [6.07, 6.45) is -2.78. The first-order valence-corrected chi connectivity index (χ1v) is 12.0. The number of aryl methyl sites for hydroxylation is 1. The molecule has 11 heteroatoms. The number of carbonyl (C=O) groups excluding carboxylic acids is 2. The zero-order chi connectivity index (χ0) is 27.2. The molecule has 0 aliphatic carbocycles. The van der Waals surface area contributed by atoms with E-state index in [4.69, 9.17) is 9.84 Å². The number of carboxylic acids is 1. The Labute approximate surface area is 212 Å². The molecule has 1 unspecified atom stereocenters. The maximum atomic E-state index is 12.9. The molecule has 1 atom stereocenters. The number of alkyl halides is 3. The summed E-state index contributed by atoms with van der Waals surface area (Å²) in [5.74, 6) is -1.34. The van der Waals surface area contributed by atoms with E-state index in [9.17, 15) is 27.6 Å². The van der Waals surface area contributed by atoms with Crippen molar-refractivity contribution in [2.45, 2.75) is 58.5 Å². The third-order valence-corrected chi connectivity index (χ3v) is 6.51. The first kappa shape index (κ1) is 27.8. The topological polar surface area (TPSA) is 105 Å². The van der Waals surface area contributed by atoms with Gasteiger partial charge in [-0.25, -0.2) is 14.5 Å². The zero-order valence-corrected chi connectivity index (χ0v) is 20.5. The molecule has 3 amide bonds. The van der Waals surface area contributed by atoms with Crippen molar-refractivity contribution in [1.29, 1.82) is 0 Å². The second kappa shape index (κ2) is 11.5. The molecular formula is C26H29F3N2O6. The Hall–Kier alpha value is -3.76. The van der Waals surface area contributed by atoms with E-state index in [0.717, 1.165) is 10.5 Å². The summed E-state index contributed by atoms with van der Waals surface area (Å²) in [6, 6.07) is 10.8. The van der Waals surface area contributed by atoms with Gasteiger partial charge in [-0.05, 0) is 74.1 Å². The number of β-lactam (4-membered cyclic amide) rings is 1. The van der Waals surface area contributed by atoms with Crippen molar-refractivity contribution in [3.8, 4) is 11.5 Å². The van der Waals surface area contributed by atoms with E-state index in [1.54, 1.807) is 12.1 Å². The second-order valence-corrected chi connectivity index (χ2v) is 8.72. The molecule has 8 nitrogen and oxygen atoms in total. The van der Waals surface area contributed by atoms with E-state index < -0.39 is 30.0 Å². The van der Waals surface area contributed by atoms with Gasteiger partial charge in [0.05, 0.1) is 5.56 Å². The molecule has 1 aliphatic heterocycles. The number of hydrogen-bond acceptors (Lipinski definition) is 5. The number of unbranched alkanes of at least 4 members (excludes halogenated alkanes) is 1. The number of aromatic carboxylic acids is 1. The highest BCUT2D eigenvalue weighted by atomic mass is 19.4. The van der Waals surface area contributed by atoms with Crippen molar-refractivity contribution in [1.82, 2.24) is 10.2 Å². The summed E-state index contributed by atoms with van der Waals surface area (Å²) in [4.78, 5) is 37.9. The number of hydrogen-bond donors (Lipinski definition) is 2. The molecular weight excluding hydrogens is 493 g/mol. The fourth-order valence-electron chi connectivity index (χ4n) is 4.30. The van der Waals surface area contributed by atoms with Crippen LogP contribution >= 0.6 is 0 Å². The average molecular weight is 523 g/mol. The van der Waals surface area contributed by atoms with E-state index in [0.29, 0.717) is 44.4 Å². The monoisotopic (exact) mass is 522 g/mol. The number of ether oxygens (including phenoxy) is 2. The quantitative estimate of drug-likeness (QED) is 0.304. The molecule has 1 saturated heterocycles. The highest BCUT2D eigenvalue weighted by Crippen LogP contribution is 2.46. The Morgan fingerprint density at radius 3 is 2.14 bits per heavy atom. The van der Waals surface area contributed by atoms with Crippen LogP contribution < -0.4 is 14.8 Å². The number of benzene rings is 2. The van der Waals surface area contributed by atoms with Gasteiger partial charge in [-0.3, -0.25) is 4.79 Å². The van der Waals surface area contributed by atoms with Crippen LogP contribution in [0.4, 0.5) is 18.0 Å². The fourth-order valence-corrected chi connectivity index (χ4v) is 4.30. The predicted octanol–water partition coefficient (Wildman–Crippen LogP) is 5.37. The Morgan fingerprint density at radius 1 is 1.00 bits per heavy atom. The lowest BCUT2D eigenvalue weighted by atomic mass is 9.72. The van der Waals surface area contributed by atoms with Crippen LogP contribution in [0.15, 0.2) is 48.5 Å².